The van der Waals surface area contributed by atoms with Crippen LogP contribution in [0.25, 0.3) is 0 Å². The van der Waals surface area contributed by atoms with Crippen molar-refractivity contribution in [2.45, 2.75) is 6.92 Å². The van der Waals surface area contributed by atoms with E-state index in [0.717, 1.165) is 5.56 Å². The summed E-state index contributed by atoms with van der Waals surface area (Å²) in [4.78, 5) is 21.8. The fourth-order valence-electron chi connectivity index (χ4n) is 1.25. The summed E-state index contributed by atoms with van der Waals surface area (Å²) in [5, 5.41) is 13.9. The second-order valence-corrected chi connectivity index (χ2v) is 4.02. The van der Waals surface area contributed by atoms with Gasteiger partial charge in [0, 0.05) is 17.9 Å². The molecular formula is C10H11BrN2O3. The number of rotatable bonds is 4. The molecule has 1 aromatic rings. The largest absolute Gasteiger partial charge is 0.351 e. The Morgan fingerprint density at radius 3 is 2.81 bits per heavy atom. The Hall–Kier alpha value is -1.43. The predicted octanol–water partition coefficient (Wildman–Crippen LogP) is 2.03. The van der Waals surface area contributed by atoms with E-state index in [4.69, 9.17) is 0 Å². The number of nitro benzene ring substituents is 1. The van der Waals surface area contributed by atoms with Gasteiger partial charge in [-0.15, -0.1) is 0 Å². The van der Waals surface area contributed by atoms with Gasteiger partial charge in [0.1, 0.15) is 5.56 Å². The van der Waals surface area contributed by atoms with Gasteiger partial charge in [-0.1, -0.05) is 22.0 Å². The molecule has 0 atom stereocenters. The highest BCUT2D eigenvalue weighted by molar-refractivity contribution is 9.09. The van der Waals surface area contributed by atoms with E-state index in [1.165, 1.54) is 12.1 Å². The van der Waals surface area contributed by atoms with Crippen molar-refractivity contribution in [3.05, 3.63) is 39.4 Å². The molecule has 1 rings (SSSR count). The maximum atomic E-state index is 11.6. The summed E-state index contributed by atoms with van der Waals surface area (Å²) in [7, 11) is 0. The van der Waals surface area contributed by atoms with Crippen LogP contribution in [0, 0.1) is 17.0 Å². The van der Waals surface area contributed by atoms with Gasteiger partial charge in [-0.05, 0) is 18.6 Å². The molecule has 0 unspecified atom stereocenters. The summed E-state index contributed by atoms with van der Waals surface area (Å²) >= 11 is 3.16. The van der Waals surface area contributed by atoms with Gasteiger partial charge in [0.15, 0.2) is 0 Å². The monoisotopic (exact) mass is 286 g/mol. The van der Waals surface area contributed by atoms with Crippen molar-refractivity contribution in [1.82, 2.24) is 5.32 Å². The summed E-state index contributed by atoms with van der Waals surface area (Å²) in [6.45, 7) is 2.22. The third kappa shape index (κ3) is 3.03. The van der Waals surface area contributed by atoms with E-state index in [1.54, 1.807) is 13.0 Å². The van der Waals surface area contributed by atoms with E-state index in [2.05, 4.69) is 21.2 Å². The van der Waals surface area contributed by atoms with Gasteiger partial charge in [0.2, 0.25) is 0 Å². The topological polar surface area (TPSA) is 72.2 Å². The molecule has 0 aliphatic rings. The lowest BCUT2D eigenvalue weighted by molar-refractivity contribution is -0.385. The van der Waals surface area contributed by atoms with Crippen molar-refractivity contribution < 1.29 is 9.72 Å². The number of alkyl halides is 1. The van der Waals surface area contributed by atoms with E-state index in [-0.39, 0.29) is 11.3 Å². The Morgan fingerprint density at radius 1 is 1.56 bits per heavy atom. The summed E-state index contributed by atoms with van der Waals surface area (Å²) in [6, 6.07) is 4.47. The number of carbonyl (C=O) groups excluding carboxylic acids is 1. The van der Waals surface area contributed by atoms with Crippen LogP contribution in [0.5, 0.6) is 0 Å². The minimum atomic E-state index is -0.553. The quantitative estimate of drug-likeness (QED) is 0.523. The third-order valence-electron chi connectivity index (χ3n) is 1.97. The maximum Gasteiger partial charge on any atom is 0.282 e. The van der Waals surface area contributed by atoms with Gasteiger partial charge in [0.05, 0.1) is 4.92 Å². The number of carbonyl (C=O) groups is 1. The molecule has 0 fully saturated rings. The first-order chi connectivity index (χ1) is 7.56. The second-order valence-electron chi connectivity index (χ2n) is 3.22. The highest BCUT2D eigenvalue weighted by Gasteiger charge is 2.19. The zero-order valence-electron chi connectivity index (χ0n) is 8.70. The summed E-state index contributed by atoms with van der Waals surface area (Å²) in [5.74, 6) is -0.421. The van der Waals surface area contributed by atoms with E-state index in [1.807, 2.05) is 0 Å². The highest BCUT2D eigenvalue weighted by atomic mass is 79.9. The number of nitrogens with one attached hydrogen (secondary N) is 1. The van der Waals surface area contributed by atoms with Crippen molar-refractivity contribution >= 4 is 27.5 Å². The van der Waals surface area contributed by atoms with Gasteiger partial charge in [-0.2, -0.15) is 0 Å². The number of hydrogen-bond donors (Lipinski definition) is 1. The number of aryl methyl sites for hydroxylation is 1. The van der Waals surface area contributed by atoms with Crippen LogP contribution in [0.15, 0.2) is 18.2 Å². The predicted molar refractivity (Wildman–Crippen MR) is 64.0 cm³/mol. The lowest BCUT2D eigenvalue weighted by Crippen LogP contribution is -2.26. The zero-order valence-corrected chi connectivity index (χ0v) is 10.3. The smallest absolute Gasteiger partial charge is 0.282 e. The molecule has 86 valence electrons. The van der Waals surface area contributed by atoms with E-state index in [9.17, 15) is 14.9 Å². The number of hydrogen-bond acceptors (Lipinski definition) is 3. The van der Waals surface area contributed by atoms with Crippen LogP contribution in [0.4, 0.5) is 5.69 Å². The van der Waals surface area contributed by atoms with Crippen molar-refractivity contribution in [3.8, 4) is 0 Å². The van der Waals surface area contributed by atoms with Crippen molar-refractivity contribution in [3.63, 3.8) is 0 Å². The molecule has 0 saturated heterocycles. The second kappa shape index (κ2) is 5.60. The molecule has 1 aromatic carbocycles. The van der Waals surface area contributed by atoms with Crippen LogP contribution in [0.2, 0.25) is 0 Å². The molecule has 6 heteroatoms. The van der Waals surface area contributed by atoms with Crippen LogP contribution >= 0.6 is 15.9 Å². The van der Waals surface area contributed by atoms with Gasteiger partial charge in [0.25, 0.3) is 11.6 Å². The average Bonchev–Trinajstić information content (AvgIpc) is 2.25. The molecule has 0 aliphatic carbocycles. The summed E-state index contributed by atoms with van der Waals surface area (Å²) < 4.78 is 0. The van der Waals surface area contributed by atoms with Crippen LogP contribution in [-0.4, -0.2) is 22.7 Å². The summed E-state index contributed by atoms with van der Waals surface area (Å²) in [5.41, 5.74) is 0.748. The fraction of sp³-hybridized carbons (Fsp3) is 0.300. The van der Waals surface area contributed by atoms with Gasteiger partial charge >= 0.3 is 0 Å². The normalized spacial score (nSPS) is 9.88. The summed E-state index contributed by atoms with van der Waals surface area (Å²) in [6.07, 6.45) is 0. The lowest BCUT2D eigenvalue weighted by atomic mass is 10.1. The first kappa shape index (κ1) is 12.6. The third-order valence-corrected chi connectivity index (χ3v) is 2.37. The number of benzene rings is 1. The Morgan fingerprint density at radius 2 is 2.25 bits per heavy atom. The Labute approximate surface area is 101 Å². The number of nitro groups is 1. The van der Waals surface area contributed by atoms with Gasteiger partial charge in [-0.3, -0.25) is 14.9 Å². The standard InChI is InChI=1S/C10H11BrN2O3/c1-7-2-3-9(13(15)16)8(6-7)10(14)12-5-4-11/h2-3,6H,4-5H2,1H3,(H,12,14). The Kier molecular flexibility index (Phi) is 4.42. The minimum absolute atomic E-state index is 0.103. The maximum absolute atomic E-state index is 11.6. The molecule has 0 heterocycles. The van der Waals surface area contributed by atoms with Crippen molar-refractivity contribution in [2.24, 2.45) is 0 Å². The van der Waals surface area contributed by atoms with Crippen molar-refractivity contribution in [2.75, 3.05) is 11.9 Å². The molecule has 0 bridgehead atoms. The first-order valence-electron chi connectivity index (χ1n) is 4.65. The van der Waals surface area contributed by atoms with Crippen LogP contribution in [-0.2, 0) is 0 Å². The van der Waals surface area contributed by atoms with Gasteiger partial charge < -0.3 is 5.32 Å². The van der Waals surface area contributed by atoms with Gasteiger partial charge in [-0.25, -0.2) is 0 Å². The Balaban J connectivity index is 3.04. The number of nitrogens with zero attached hydrogens (tertiary/aromatic N) is 1. The van der Waals surface area contributed by atoms with Crippen LogP contribution < -0.4 is 5.32 Å². The molecule has 5 nitrogen and oxygen atoms in total. The van der Waals surface area contributed by atoms with Crippen molar-refractivity contribution in [1.29, 1.82) is 0 Å². The molecule has 0 radical (unpaired) electrons. The Bertz CT molecular complexity index is 421. The minimum Gasteiger partial charge on any atom is -0.351 e. The molecular weight excluding hydrogens is 276 g/mol. The molecule has 0 aromatic heterocycles. The molecule has 16 heavy (non-hydrogen) atoms. The highest BCUT2D eigenvalue weighted by Crippen LogP contribution is 2.19. The van der Waals surface area contributed by atoms with Crippen LogP contribution in [0.1, 0.15) is 15.9 Å². The van der Waals surface area contributed by atoms with Crippen LogP contribution in [0.3, 0.4) is 0 Å². The number of halogens is 1. The average molecular weight is 287 g/mol. The molecule has 0 saturated carbocycles. The molecule has 1 amide bonds. The van der Waals surface area contributed by atoms with E-state index < -0.39 is 10.8 Å². The lowest BCUT2D eigenvalue weighted by Gasteiger charge is -2.04. The van der Waals surface area contributed by atoms with E-state index in [0.29, 0.717) is 11.9 Å². The number of amides is 1. The molecule has 1 N–H and O–H groups in total. The first-order valence-corrected chi connectivity index (χ1v) is 5.77. The van der Waals surface area contributed by atoms with E-state index >= 15 is 0 Å². The SMILES string of the molecule is Cc1ccc([N+](=O)[O-])c(C(=O)NCCBr)c1. The molecule has 0 aliphatic heterocycles. The molecule has 0 spiro atoms. The zero-order chi connectivity index (χ0) is 12.1. The fourth-order valence-corrected chi connectivity index (χ4v) is 1.45.